The number of aromatic hydroxyl groups is 1. The fourth-order valence-corrected chi connectivity index (χ4v) is 1.72. The van der Waals surface area contributed by atoms with Crippen LogP contribution in [0.2, 0.25) is 0 Å². The number of rotatable bonds is 2. The molecular formula is C9H10F3N3O4. The van der Waals surface area contributed by atoms with Crippen LogP contribution in [-0.4, -0.2) is 44.6 Å². The largest absolute Gasteiger partial charge is 0.503 e. The quantitative estimate of drug-likeness (QED) is 0.667. The number of nitrogen functional groups attached to an aromatic ring is 1. The van der Waals surface area contributed by atoms with Gasteiger partial charge in [0.05, 0.1) is 12.8 Å². The number of nitrogens with zero attached hydrogens (tertiary/aromatic N) is 2. The van der Waals surface area contributed by atoms with E-state index in [1.54, 1.807) is 0 Å². The Labute approximate surface area is 104 Å². The number of nitrogens with two attached hydrogens (primary N) is 1. The molecule has 19 heavy (non-hydrogen) atoms. The molecule has 0 amide bonds. The minimum atomic E-state index is -3.96. The Hall–Kier alpha value is -1.81. The van der Waals surface area contributed by atoms with Crippen LogP contribution in [0.25, 0.3) is 0 Å². The van der Waals surface area contributed by atoms with Crippen LogP contribution in [0.4, 0.5) is 19.0 Å². The van der Waals surface area contributed by atoms with Crippen LogP contribution in [-0.2, 0) is 4.74 Å². The summed E-state index contributed by atoms with van der Waals surface area (Å²) >= 11 is 0. The minimum absolute atomic E-state index is 0.361. The molecule has 106 valence electrons. The zero-order valence-corrected chi connectivity index (χ0v) is 9.33. The van der Waals surface area contributed by atoms with Gasteiger partial charge in [-0.05, 0) is 0 Å². The first-order valence-corrected chi connectivity index (χ1v) is 5.15. The summed E-state index contributed by atoms with van der Waals surface area (Å²) in [6.45, 7) is -1.12. The van der Waals surface area contributed by atoms with Gasteiger partial charge in [0.1, 0.15) is 6.10 Å². The van der Waals surface area contributed by atoms with Gasteiger partial charge >= 0.3 is 11.6 Å². The SMILES string of the molecule is Nc1nc(=O)n(C2OC(CO)C(F)(F)C2F)cc1O. The lowest BCUT2D eigenvalue weighted by molar-refractivity contribution is -0.111. The smallest absolute Gasteiger partial charge is 0.351 e. The van der Waals surface area contributed by atoms with Crippen LogP contribution >= 0.6 is 0 Å². The lowest BCUT2D eigenvalue weighted by Gasteiger charge is -2.16. The summed E-state index contributed by atoms with van der Waals surface area (Å²) in [6.07, 6.45) is -6.30. The number of alkyl halides is 3. The number of anilines is 1. The van der Waals surface area contributed by atoms with Gasteiger partial charge in [-0.2, -0.15) is 4.98 Å². The van der Waals surface area contributed by atoms with Gasteiger partial charge < -0.3 is 20.7 Å². The summed E-state index contributed by atoms with van der Waals surface area (Å²) in [5, 5.41) is 18.0. The van der Waals surface area contributed by atoms with Crippen LogP contribution < -0.4 is 11.4 Å². The van der Waals surface area contributed by atoms with E-state index in [9.17, 15) is 23.1 Å². The molecule has 0 aromatic carbocycles. The number of aliphatic hydroxyl groups is 1. The normalized spacial score (nSPS) is 29.6. The molecule has 0 aliphatic carbocycles. The van der Waals surface area contributed by atoms with Gasteiger partial charge in [-0.1, -0.05) is 0 Å². The van der Waals surface area contributed by atoms with Crippen molar-refractivity contribution in [1.29, 1.82) is 0 Å². The molecule has 2 rings (SSSR count). The third-order valence-electron chi connectivity index (χ3n) is 2.75. The molecule has 1 aliphatic heterocycles. The first-order chi connectivity index (χ1) is 8.78. The predicted octanol–water partition coefficient (Wildman–Crippen LogP) is -0.606. The summed E-state index contributed by atoms with van der Waals surface area (Å²) in [4.78, 5) is 14.6. The molecule has 0 bridgehead atoms. The van der Waals surface area contributed by atoms with Crippen molar-refractivity contribution < 1.29 is 28.1 Å². The molecule has 3 atom stereocenters. The number of aliphatic hydroxyl groups excluding tert-OH is 1. The molecule has 0 spiro atoms. The first kappa shape index (κ1) is 13.6. The van der Waals surface area contributed by atoms with E-state index in [0.29, 0.717) is 10.8 Å². The maximum Gasteiger partial charge on any atom is 0.351 e. The molecule has 1 fully saturated rings. The van der Waals surface area contributed by atoms with Crippen LogP contribution in [0.15, 0.2) is 11.0 Å². The molecule has 1 aromatic rings. The third-order valence-corrected chi connectivity index (χ3v) is 2.75. The first-order valence-electron chi connectivity index (χ1n) is 5.15. The van der Waals surface area contributed by atoms with E-state index in [1.165, 1.54) is 0 Å². The lowest BCUT2D eigenvalue weighted by Crippen LogP contribution is -2.39. The van der Waals surface area contributed by atoms with Crippen molar-refractivity contribution in [2.24, 2.45) is 0 Å². The zero-order valence-electron chi connectivity index (χ0n) is 9.33. The molecular weight excluding hydrogens is 271 g/mol. The number of aromatic nitrogens is 2. The van der Waals surface area contributed by atoms with Crippen LogP contribution in [0.1, 0.15) is 6.23 Å². The Bertz CT molecular complexity index is 550. The second-order valence-corrected chi connectivity index (χ2v) is 3.98. The Morgan fingerprint density at radius 3 is 2.74 bits per heavy atom. The van der Waals surface area contributed by atoms with E-state index in [0.717, 1.165) is 0 Å². The highest BCUT2D eigenvalue weighted by Crippen LogP contribution is 2.42. The summed E-state index contributed by atoms with van der Waals surface area (Å²) in [5.74, 6) is -5.15. The molecule has 0 radical (unpaired) electrons. The number of ether oxygens (including phenoxy) is 1. The highest BCUT2D eigenvalue weighted by molar-refractivity contribution is 5.41. The van der Waals surface area contributed by atoms with Gasteiger partial charge in [-0.25, -0.2) is 18.0 Å². The molecule has 1 aliphatic rings. The topological polar surface area (TPSA) is 111 Å². The van der Waals surface area contributed by atoms with Crippen molar-refractivity contribution in [2.75, 3.05) is 12.3 Å². The Balaban J connectivity index is 2.44. The average Bonchev–Trinajstić information content (AvgIpc) is 2.56. The van der Waals surface area contributed by atoms with E-state index in [1.807, 2.05) is 0 Å². The standard InChI is InChI=1S/C9H10F3N3O4/c10-5-7(19-4(2-16)9(5,11)12)15-1-3(17)6(13)14-8(15)18/h1,4-5,7,16-17H,2H2,(H2,13,14,18). The van der Waals surface area contributed by atoms with Crippen LogP contribution in [0.5, 0.6) is 5.75 Å². The molecule has 2 heterocycles. The van der Waals surface area contributed by atoms with Crippen molar-refractivity contribution in [3.05, 3.63) is 16.7 Å². The summed E-state index contributed by atoms with van der Waals surface area (Å²) in [7, 11) is 0. The van der Waals surface area contributed by atoms with E-state index >= 15 is 0 Å². The van der Waals surface area contributed by atoms with Crippen molar-refractivity contribution in [3.8, 4) is 5.75 Å². The zero-order chi connectivity index (χ0) is 14.4. The van der Waals surface area contributed by atoms with E-state index < -0.39 is 48.3 Å². The van der Waals surface area contributed by atoms with Crippen LogP contribution in [0.3, 0.4) is 0 Å². The summed E-state index contributed by atoms with van der Waals surface area (Å²) in [6, 6.07) is 0. The molecule has 0 saturated carbocycles. The lowest BCUT2D eigenvalue weighted by atomic mass is 10.1. The average molecular weight is 281 g/mol. The van der Waals surface area contributed by atoms with Crippen LogP contribution in [0, 0.1) is 0 Å². The number of hydrogen-bond donors (Lipinski definition) is 3. The number of hydrogen-bond acceptors (Lipinski definition) is 6. The fraction of sp³-hybridized carbons (Fsp3) is 0.556. The maximum atomic E-state index is 13.6. The third kappa shape index (κ3) is 2.02. The number of halogens is 3. The molecule has 10 heteroatoms. The molecule has 3 unspecified atom stereocenters. The Morgan fingerprint density at radius 1 is 1.58 bits per heavy atom. The van der Waals surface area contributed by atoms with E-state index in [4.69, 9.17) is 10.8 Å². The van der Waals surface area contributed by atoms with Gasteiger partial charge in [-0.3, -0.25) is 4.57 Å². The van der Waals surface area contributed by atoms with Crippen molar-refractivity contribution in [3.63, 3.8) is 0 Å². The molecule has 4 N–H and O–H groups in total. The maximum absolute atomic E-state index is 13.6. The Morgan fingerprint density at radius 2 is 2.21 bits per heavy atom. The fourth-order valence-electron chi connectivity index (χ4n) is 1.72. The van der Waals surface area contributed by atoms with Gasteiger partial charge in [-0.15, -0.1) is 0 Å². The monoisotopic (exact) mass is 281 g/mol. The highest BCUT2D eigenvalue weighted by atomic mass is 19.3. The predicted molar refractivity (Wildman–Crippen MR) is 55.4 cm³/mol. The van der Waals surface area contributed by atoms with Crippen molar-refractivity contribution in [2.45, 2.75) is 24.4 Å². The Kier molecular flexibility index (Phi) is 3.14. The minimum Gasteiger partial charge on any atom is -0.503 e. The molecule has 7 nitrogen and oxygen atoms in total. The molecule has 1 saturated heterocycles. The van der Waals surface area contributed by atoms with Crippen molar-refractivity contribution >= 4 is 5.82 Å². The van der Waals surface area contributed by atoms with Crippen molar-refractivity contribution in [1.82, 2.24) is 9.55 Å². The van der Waals surface area contributed by atoms with Gasteiger partial charge in [0, 0.05) is 0 Å². The highest BCUT2D eigenvalue weighted by Gasteiger charge is 2.60. The van der Waals surface area contributed by atoms with E-state index in [-0.39, 0.29) is 0 Å². The van der Waals surface area contributed by atoms with Gasteiger partial charge in [0.2, 0.25) is 6.17 Å². The van der Waals surface area contributed by atoms with Gasteiger partial charge in [0.15, 0.2) is 17.8 Å². The second kappa shape index (κ2) is 4.38. The summed E-state index contributed by atoms with van der Waals surface area (Å²) in [5.41, 5.74) is 3.98. The van der Waals surface area contributed by atoms with Gasteiger partial charge in [0.25, 0.3) is 0 Å². The summed E-state index contributed by atoms with van der Waals surface area (Å²) < 4.78 is 45.3. The molecule has 1 aromatic heterocycles. The van der Waals surface area contributed by atoms with E-state index in [2.05, 4.69) is 9.72 Å². The second-order valence-electron chi connectivity index (χ2n) is 3.98.